The summed E-state index contributed by atoms with van der Waals surface area (Å²) in [4.78, 5) is 4.10. The Kier molecular flexibility index (Phi) is 4.61. The largest absolute Gasteiger partial charge is 0.435 e. The highest BCUT2D eigenvalue weighted by atomic mass is 35.5. The summed E-state index contributed by atoms with van der Waals surface area (Å²) in [5.74, 6) is -0.732. The van der Waals surface area contributed by atoms with E-state index in [1.807, 2.05) is 6.07 Å². The van der Waals surface area contributed by atoms with Gasteiger partial charge in [-0.25, -0.2) is 18.7 Å². The molecule has 2 unspecified atom stereocenters. The van der Waals surface area contributed by atoms with Crippen LogP contribution in [0.15, 0.2) is 12.1 Å². The van der Waals surface area contributed by atoms with Crippen LogP contribution in [0.25, 0.3) is 11.0 Å². The average molecular weight is 440 g/mol. The molecule has 8 nitrogen and oxygen atoms in total. The fraction of sp³-hybridized carbons (Fsp3) is 0.429. The summed E-state index contributed by atoms with van der Waals surface area (Å²) in [5, 5.41) is 2.49. The van der Waals surface area contributed by atoms with Crippen LogP contribution < -0.4 is 9.47 Å². The van der Waals surface area contributed by atoms with Crippen molar-refractivity contribution >= 4 is 41.8 Å². The summed E-state index contributed by atoms with van der Waals surface area (Å²) in [7, 11) is 2.80. The number of aromatic nitrogens is 2. The Bertz CT molecular complexity index is 1010. The van der Waals surface area contributed by atoms with Crippen LogP contribution in [0, 0.1) is 11.3 Å². The third-order valence-electron chi connectivity index (χ3n) is 3.91. The van der Waals surface area contributed by atoms with Crippen LogP contribution in [0.4, 0.5) is 8.78 Å². The first-order chi connectivity index (χ1) is 12.3. The monoisotopic (exact) mass is 439 g/mol. The number of nitrogens with zero attached hydrogens (tertiary/aromatic N) is 5. The van der Waals surface area contributed by atoms with E-state index in [0.717, 1.165) is 0 Å². The smallest absolute Gasteiger partial charge is 0.414 e. The molecule has 0 radical (unpaired) electrons. The Labute approximate surface area is 163 Å². The van der Waals surface area contributed by atoms with Crippen LogP contribution >= 0.6 is 30.8 Å². The van der Waals surface area contributed by atoms with E-state index in [4.69, 9.17) is 32.7 Å². The minimum absolute atomic E-state index is 0.145. The van der Waals surface area contributed by atoms with E-state index in [9.17, 15) is 18.6 Å². The maximum Gasteiger partial charge on any atom is 0.414 e. The van der Waals surface area contributed by atoms with Crippen molar-refractivity contribution in [1.29, 1.82) is 5.26 Å². The summed E-state index contributed by atoms with van der Waals surface area (Å²) in [6.45, 7) is 0. The molecule has 0 saturated heterocycles. The molecular formula is C14H14Cl2F2N5O3P. The van der Waals surface area contributed by atoms with Gasteiger partial charge in [0.2, 0.25) is 5.82 Å². The van der Waals surface area contributed by atoms with Crippen LogP contribution in [0.5, 0.6) is 11.5 Å². The molecule has 2 heterocycles. The molecule has 0 bridgehead atoms. The first-order valence-corrected chi connectivity index (χ1v) is 9.74. The molecule has 1 aliphatic rings. The lowest BCUT2D eigenvalue weighted by Crippen LogP contribution is -2.50. The number of fused-ring (bicyclic) bond motifs is 2. The lowest BCUT2D eigenvalue weighted by Gasteiger charge is -2.35. The quantitative estimate of drug-likeness (QED) is 0.534. The minimum Gasteiger partial charge on any atom is -0.435 e. The number of hydrogen-bond acceptors (Lipinski definition) is 5. The summed E-state index contributed by atoms with van der Waals surface area (Å²) < 4.78 is 55.5. The van der Waals surface area contributed by atoms with Crippen molar-refractivity contribution in [2.45, 2.75) is 10.6 Å². The summed E-state index contributed by atoms with van der Waals surface area (Å²) in [6.07, 6.45) is 0. The van der Waals surface area contributed by atoms with E-state index >= 15 is 0 Å². The lowest BCUT2D eigenvalue weighted by molar-refractivity contribution is -0.179. The number of halogens is 4. The van der Waals surface area contributed by atoms with E-state index in [-0.39, 0.29) is 28.4 Å². The van der Waals surface area contributed by atoms with Crippen molar-refractivity contribution in [3.05, 3.63) is 18.0 Å². The molecule has 3 rings (SSSR count). The number of benzene rings is 1. The van der Waals surface area contributed by atoms with E-state index in [1.165, 1.54) is 25.8 Å². The fourth-order valence-corrected chi connectivity index (χ4v) is 5.13. The van der Waals surface area contributed by atoms with Crippen LogP contribution in [0.3, 0.4) is 0 Å². The molecule has 0 N–H and O–H groups in total. The average Bonchev–Trinajstić information content (AvgIpc) is 2.89. The molecular weight excluding hydrogens is 426 g/mol. The van der Waals surface area contributed by atoms with Gasteiger partial charge in [-0.3, -0.25) is 4.57 Å². The van der Waals surface area contributed by atoms with E-state index < -0.39 is 18.2 Å². The molecule has 0 saturated carbocycles. The van der Waals surface area contributed by atoms with Crippen LogP contribution in [0.1, 0.15) is 5.82 Å². The maximum absolute atomic E-state index is 14.2. The SMILES string of the molecule is CN(C)P(=O)(N(C)C)n1c(C#N)nc2cc3c(cc21)OC(F)(Cl)C(F)(Cl)O3. The van der Waals surface area contributed by atoms with Gasteiger partial charge in [-0.15, -0.1) is 0 Å². The van der Waals surface area contributed by atoms with Crippen LogP contribution in [0.2, 0.25) is 0 Å². The Morgan fingerprint density at radius 3 is 2.07 bits per heavy atom. The second-order valence-electron chi connectivity index (χ2n) is 6.09. The van der Waals surface area contributed by atoms with Gasteiger partial charge >= 0.3 is 18.2 Å². The van der Waals surface area contributed by atoms with Gasteiger partial charge in [0.25, 0.3) is 0 Å². The van der Waals surface area contributed by atoms with Crippen molar-refractivity contribution in [1.82, 2.24) is 18.7 Å². The molecule has 13 heteroatoms. The highest BCUT2D eigenvalue weighted by Gasteiger charge is 2.61. The minimum atomic E-state index is -3.50. The van der Waals surface area contributed by atoms with Gasteiger partial charge in [0, 0.05) is 12.1 Å². The van der Waals surface area contributed by atoms with Crippen LogP contribution in [-0.4, -0.2) is 57.5 Å². The molecule has 0 spiro atoms. The van der Waals surface area contributed by atoms with Gasteiger partial charge in [-0.2, -0.15) is 14.0 Å². The first-order valence-electron chi connectivity index (χ1n) is 7.42. The van der Waals surface area contributed by atoms with Crippen molar-refractivity contribution in [3.8, 4) is 17.6 Å². The lowest BCUT2D eigenvalue weighted by atomic mass is 10.2. The normalized spacial score (nSPS) is 25.2. The van der Waals surface area contributed by atoms with Gasteiger partial charge < -0.3 is 9.47 Å². The molecule has 2 atom stereocenters. The molecule has 0 amide bonds. The second kappa shape index (κ2) is 6.19. The van der Waals surface area contributed by atoms with E-state index in [2.05, 4.69) is 4.98 Å². The predicted molar refractivity (Wildman–Crippen MR) is 95.5 cm³/mol. The summed E-state index contributed by atoms with van der Waals surface area (Å²) >= 11 is 10.6. The molecule has 1 aromatic heterocycles. The van der Waals surface area contributed by atoms with Gasteiger partial charge in [-0.05, 0) is 51.4 Å². The number of rotatable bonds is 3. The van der Waals surface area contributed by atoms with Crippen molar-refractivity contribution < 1.29 is 22.8 Å². The van der Waals surface area contributed by atoms with Gasteiger partial charge in [0.05, 0.1) is 11.0 Å². The number of nitriles is 1. The molecule has 0 fully saturated rings. The zero-order valence-electron chi connectivity index (χ0n) is 14.6. The van der Waals surface area contributed by atoms with Gasteiger partial charge in [-0.1, -0.05) is 0 Å². The standard InChI is InChI=1S/C14H14Cl2F2N5O3P/c1-21(2)27(24,22(3)4)23-9-6-11-10(5-8(9)20-12(23)7-19)25-13(15,17)14(16,18)26-11/h5-6H,1-4H3. The van der Waals surface area contributed by atoms with E-state index in [1.54, 1.807) is 28.2 Å². The Balaban J connectivity index is 2.33. The Hall–Kier alpha value is -1.63. The third-order valence-corrected chi connectivity index (χ3v) is 7.66. The molecule has 27 heavy (non-hydrogen) atoms. The third kappa shape index (κ3) is 2.85. The Morgan fingerprint density at radius 2 is 1.63 bits per heavy atom. The van der Waals surface area contributed by atoms with Crippen molar-refractivity contribution in [2.75, 3.05) is 28.2 Å². The molecule has 1 aliphatic heterocycles. The highest BCUT2D eigenvalue weighted by molar-refractivity contribution is 7.57. The number of alkyl halides is 4. The van der Waals surface area contributed by atoms with E-state index in [0.29, 0.717) is 0 Å². The van der Waals surface area contributed by atoms with Gasteiger partial charge in [0.15, 0.2) is 11.5 Å². The number of hydrogen-bond donors (Lipinski definition) is 0. The maximum atomic E-state index is 14.2. The molecule has 1 aromatic carbocycles. The number of ether oxygens (including phenoxy) is 2. The number of imidazole rings is 1. The molecule has 146 valence electrons. The van der Waals surface area contributed by atoms with Gasteiger partial charge in [0.1, 0.15) is 6.07 Å². The van der Waals surface area contributed by atoms with Crippen molar-refractivity contribution in [3.63, 3.8) is 0 Å². The zero-order chi connectivity index (χ0) is 20.4. The summed E-state index contributed by atoms with van der Waals surface area (Å²) in [6, 6.07) is 4.27. The highest BCUT2D eigenvalue weighted by Crippen LogP contribution is 2.55. The predicted octanol–water partition coefficient (Wildman–Crippen LogP) is 3.48. The zero-order valence-corrected chi connectivity index (χ0v) is 17.0. The first kappa shape index (κ1) is 20.1. The topological polar surface area (TPSA) is 83.6 Å². The second-order valence-corrected chi connectivity index (χ2v) is 10.1. The van der Waals surface area contributed by atoms with Crippen LogP contribution in [-0.2, 0) is 4.57 Å². The Morgan fingerprint density at radius 1 is 1.15 bits per heavy atom. The van der Waals surface area contributed by atoms with Crippen molar-refractivity contribution in [2.24, 2.45) is 0 Å². The molecule has 0 aliphatic carbocycles. The summed E-state index contributed by atoms with van der Waals surface area (Å²) in [5.41, 5.74) is 0.319. The molecule has 2 aromatic rings. The fourth-order valence-electron chi connectivity index (χ4n) is 2.68.